The van der Waals surface area contributed by atoms with Crippen LogP contribution >= 0.6 is 0 Å². The standard InChI is InChI=1S/C18H34O2.2Ti/c1-2-3-4-5-6-7-8-9-10-11-12-13-14-15-16-17-18(19)20;;/h9-10H,2-8,11-17H2,1H3,(H,19,20);;/b10-9-;;. The zero-order chi connectivity index (χ0) is 14.9. The van der Waals surface area contributed by atoms with Crippen LogP contribution in [0.25, 0.3) is 0 Å². The molecule has 0 atom stereocenters. The third-order valence-corrected chi connectivity index (χ3v) is 3.65. The van der Waals surface area contributed by atoms with Crippen molar-refractivity contribution in [1.82, 2.24) is 0 Å². The van der Waals surface area contributed by atoms with Gasteiger partial charge in [0, 0.05) is 49.9 Å². The number of hydrogen-bond donors (Lipinski definition) is 1. The van der Waals surface area contributed by atoms with Crippen LogP contribution in [0, 0.1) is 0 Å². The minimum absolute atomic E-state index is 0. The summed E-state index contributed by atoms with van der Waals surface area (Å²) in [6.07, 6.45) is 21.2. The number of rotatable bonds is 15. The molecule has 0 aromatic heterocycles. The van der Waals surface area contributed by atoms with Crippen molar-refractivity contribution < 1.29 is 53.3 Å². The fourth-order valence-corrected chi connectivity index (χ4v) is 2.35. The molecule has 1 N–H and O–H groups in total. The van der Waals surface area contributed by atoms with E-state index in [1.165, 1.54) is 70.6 Å². The maximum Gasteiger partial charge on any atom is 0.303 e. The average Bonchev–Trinajstić information content (AvgIpc) is 2.43. The number of aliphatic carboxylic acids is 1. The predicted molar refractivity (Wildman–Crippen MR) is 87.1 cm³/mol. The van der Waals surface area contributed by atoms with Crippen molar-refractivity contribution in [2.75, 3.05) is 0 Å². The van der Waals surface area contributed by atoms with Gasteiger partial charge >= 0.3 is 5.97 Å². The van der Waals surface area contributed by atoms with Gasteiger partial charge in [-0.2, -0.15) is 0 Å². The molecule has 0 fully saturated rings. The first-order valence-corrected chi connectivity index (χ1v) is 8.64. The maximum atomic E-state index is 10.3. The van der Waals surface area contributed by atoms with E-state index in [0.717, 1.165) is 12.8 Å². The third kappa shape index (κ3) is 25.6. The summed E-state index contributed by atoms with van der Waals surface area (Å²) in [4.78, 5) is 10.3. The van der Waals surface area contributed by atoms with Crippen molar-refractivity contribution in [3.05, 3.63) is 12.2 Å². The number of allylic oxidation sites excluding steroid dienone is 2. The van der Waals surface area contributed by atoms with Crippen LogP contribution in [0.5, 0.6) is 0 Å². The quantitative estimate of drug-likeness (QED) is 0.212. The van der Waals surface area contributed by atoms with E-state index in [2.05, 4.69) is 19.1 Å². The molecule has 0 rings (SSSR count). The maximum absolute atomic E-state index is 10.3. The molecule has 0 saturated carbocycles. The monoisotopic (exact) mass is 378 g/mol. The summed E-state index contributed by atoms with van der Waals surface area (Å²) in [6.45, 7) is 2.26. The molecule has 0 aliphatic carbocycles. The van der Waals surface area contributed by atoms with E-state index in [0.29, 0.717) is 6.42 Å². The van der Waals surface area contributed by atoms with E-state index >= 15 is 0 Å². The molecule has 0 bridgehead atoms. The number of unbranched alkanes of at least 4 members (excludes halogenated alkanes) is 11. The second kappa shape index (κ2) is 23.9. The molecule has 0 saturated heterocycles. The number of carboxylic acids is 1. The van der Waals surface area contributed by atoms with Gasteiger partial charge in [0.15, 0.2) is 0 Å². The number of hydrogen-bond acceptors (Lipinski definition) is 1. The minimum atomic E-state index is -0.664. The molecular formula is C18H34O2Ti2. The Morgan fingerprint density at radius 3 is 1.59 bits per heavy atom. The molecule has 0 spiro atoms. The fourth-order valence-electron chi connectivity index (χ4n) is 2.35. The van der Waals surface area contributed by atoms with Gasteiger partial charge in [-0.25, -0.2) is 0 Å². The Morgan fingerprint density at radius 1 is 0.727 bits per heavy atom. The zero-order valence-electron chi connectivity index (χ0n) is 14.4. The van der Waals surface area contributed by atoms with Crippen LogP contribution in [-0.2, 0) is 48.2 Å². The second-order valence-corrected chi connectivity index (χ2v) is 5.73. The van der Waals surface area contributed by atoms with Gasteiger partial charge in [-0.3, -0.25) is 4.79 Å². The van der Waals surface area contributed by atoms with Crippen LogP contribution in [-0.4, -0.2) is 11.1 Å². The van der Waals surface area contributed by atoms with Crippen LogP contribution in [0.1, 0.15) is 96.8 Å². The first-order valence-electron chi connectivity index (χ1n) is 8.64. The number of carbonyl (C=O) groups is 1. The first kappa shape index (κ1) is 27.5. The third-order valence-electron chi connectivity index (χ3n) is 3.65. The Morgan fingerprint density at radius 2 is 1.14 bits per heavy atom. The van der Waals surface area contributed by atoms with Crippen molar-refractivity contribution in [3.63, 3.8) is 0 Å². The summed E-state index contributed by atoms with van der Waals surface area (Å²) in [6, 6.07) is 0. The molecule has 0 aromatic carbocycles. The molecule has 2 nitrogen and oxygen atoms in total. The smallest absolute Gasteiger partial charge is 0.303 e. The summed E-state index contributed by atoms with van der Waals surface area (Å²) >= 11 is 0. The number of carboxylic acid groups (broad SMARTS) is 1. The largest absolute Gasteiger partial charge is 0.481 e. The van der Waals surface area contributed by atoms with E-state index in [-0.39, 0.29) is 43.4 Å². The Balaban J connectivity index is -0.00000180. The van der Waals surface area contributed by atoms with Gasteiger partial charge in [-0.15, -0.1) is 0 Å². The Hall–Kier alpha value is 0.639. The van der Waals surface area contributed by atoms with Crippen molar-refractivity contribution in [1.29, 1.82) is 0 Å². The Labute approximate surface area is 167 Å². The fraction of sp³-hybridized carbons (Fsp3) is 0.833. The summed E-state index contributed by atoms with van der Waals surface area (Å²) in [7, 11) is 0. The molecule has 0 aliphatic heterocycles. The van der Waals surface area contributed by atoms with Gasteiger partial charge < -0.3 is 5.11 Å². The molecule has 0 unspecified atom stereocenters. The van der Waals surface area contributed by atoms with Gasteiger partial charge in [0.05, 0.1) is 0 Å². The van der Waals surface area contributed by atoms with Crippen molar-refractivity contribution in [3.8, 4) is 0 Å². The van der Waals surface area contributed by atoms with Gasteiger partial charge in [-0.05, 0) is 32.1 Å². The normalized spacial score (nSPS) is 10.2. The van der Waals surface area contributed by atoms with Crippen molar-refractivity contribution in [2.45, 2.75) is 96.8 Å². The van der Waals surface area contributed by atoms with E-state index < -0.39 is 5.97 Å². The van der Waals surface area contributed by atoms with Crippen LogP contribution < -0.4 is 0 Å². The van der Waals surface area contributed by atoms with Crippen LogP contribution in [0.3, 0.4) is 0 Å². The average molecular weight is 378 g/mol. The van der Waals surface area contributed by atoms with Crippen LogP contribution in [0.4, 0.5) is 0 Å². The molecule has 0 amide bonds. The van der Waals surface area contributed by atoms with Crippen molar-refractivity contribution in [2.24, 2.45) is 0 Å². The molecule has 0 aliphatic rings. The Kier molecular flexibility index (Phi) is 29.9. The van der Waals surface area contributed by atoms with E-state index in [9.17, 15) is 4.79 Å². The molecule has 126 valence electrons. The Bertz CT molecular complexity index is 243. The molecule has 0 aromatic rings. The van der Waals surface area contributed by atoms with E-state index in [1.54, 1.807) is 0 Å². The topological polar surface area (TPSA) is 37.3 Å². The predicted octanol–water partition coefficient (Wildman–Crippen LogP) is 6.10. The van der Waals surface area contributed by atoms with Gasteiger partial charge in [0.25, 0.3) is 0 Å². The van der Waals surface area contributed by atoms with Gasteiger partial charge in [-0.1, -0.05) is 70.4 Å². The van der Waals surface area contributed by atoms with Gasteiger partial charge in [0.1, 0.15) is 0 Å². The molecule has 0 heterocycles. The van der Waals surface area contributed by atoms with Crippen LogP contribution in [0.15, 0.2) is 12.2 Å². The first-order chi connectivity index (χ1) is 9.77. The van der Waals surface area contributed by atoms with E-state index in [4.69, 9.17) is 5.11 Å². The summed E-state index contributed by atoms with van der Waals surface area (Å²) in [5.41, 5.74) is 0. The van der Waals surface area contributed by atoms with Gasteiger partial charge in [0.2, 0.25) is 0 Å². The summed E-state index contributed by atoms with van der Waals surface area (Å²) in [5, 5.41) is 8.51. The molecule has 4 heteroatoms. The molecule has 0 radical (unpaired) electrons. The SMILES string of the molecule is CCCCCCCC/C=C\CCCCCCCC(=O)O.[Ti].[Ti]. The summed E-state index contributed by atoms with van der Waals surface area (Å²) < 4.78 is 0. The van der Waals surface area contributed by atoms with Crippen molar-refractivity contribution >= 4 is 5.97 Å². The zero-order valence-corrected chi connectivity index (χ0v) is 17.5. The second-order valence-electron chi connectivity index (χ2n) is 5.73. The molecule has 22 heavy (non-hydrogen) atoms. The minimum Gasteiger partial charge on any atom is -0.481 e. The molecular weight excluding hydrogens is 344 g/mol. The van der Waals surface area contributed by atoms with E-state index in [1.807, 2.05) is 0 Å². The summed E-state index contributed by atoms with van der Waals surface area (Å²) in [5.74, 6) is -0.664. The van der Waals surface area contributed by atoms with Crippen LogP contribution in [0.2, 0.25) is 0 Å².